The number of carbonyl (C=O) groups excluding carboxylic acids is 1. The number of halogens is 1. The van der Waals surface area contributed by atoms with E-state index in [2.05, 4.69) is 16.0 Å². The molecular weight excluding hydrogens is 337 g/mol. The Balaban J connectivity index is 1.96. The number of thiocarbonyl (C=S) groups is 1. The fourth-order valence-corrected chi connectivity index (χ4v) is 3.12. The minimum Gasteiger partial charge on any atom is -0.351 e. The van der Waals surface area contributed by atoms with Gasteiger partial charge in [0.15, 0.2) is 5.11 Å². The number of aryl methyl sites for hydroxylation is 1. The van der Waals surface area contributed by atoms with Crippen molar-refractivity contribution in [1.82, 2.24) is 10.6 Å². The van der Waals surface area contributed by atoms with Gasteiger partial charge in [0.05, 0.1) is 11.6 Å². The molecule has 128 valence electrons. The van der Waals surface area contributed by atoms with Crippen LogP contribution in [0.5, 0.6) is 0 Å². The fourth-order valence-electron chi connectivity index (χ4n) is 2.85. The predicted octanol–water partition coefficient (Wildman–Crippen LogP) is 3.57. The van der Waals surface area contributed by atoms with E-state index in [-0.39, 0.29) is 11.7 Å². The van der Waals surface area contributed by atoms with E-state index in [4.69, 9.17) is 12.2 Å². The first-order valence-electron chi connectivity index (χ1n) is 7.86. The third-order valence-corrected chi connectivity index (χ3v) is 4.19. The second-order valence-corrected chi connectivity index (χ2v) is 6.36. The molecule has 0 fully saturated rings. The van der Waals surface area contributed by atoms with Gasteiger partial charge >= 0.3 is 0 Å². The smallest absolute Gasteiger partial charge is 0.255 e. The summed E-state index contributed by atoms with van der Waals surface area (Å²) in [4.78, 5) is 12.9. The minimum absolute atomic E-state index is 0.264. The van der Waals surface area contributed by atoms with Crippen molar-refractivity contribution >= 4 is 28.9 Å². The molecule has 1 aliphatic heterocycles. The third kappa shape index (κ3) is 3.85. The van der Waals surface area contributed by atoms with Gasteiger partial charge in [-0.1, -0.05) is 24.3 Å². The second kappa shape index (κ2) is 7.03. The van der Waals surface area contributed by atoms with Gasteiger partial charge in [0.2, 0.25) is 0 Å². The van der Waals surface area contributed by atoms with E-state index in [1.54, 1.807) is 19.1 Å². The van der Waals surface area contributed by atoms with Crippen molar-refractivity contribution in [3.05, 3.63) is 76.7 Å². The zero-order chi connectivity index (χ0) is 18.0. The summed E-state index contributed by atoms with van der Waals surface area (Å²) in [7, 11) is 0. The third-order valence-electron chi connectivity index (χ3n) is 3.97. The number of hydrogen-bond acceptors (Lipinski definition) is 2. The van der Waals surface area contributed by atoms with Gasteiger partial charge < -0.3 is 16.0 Å². The van der Waals surface area contributed by atoms with Gasteiger partial charge in [0, 0.05) is 11.4 Å². The van der Waals surface area contributed by atoms with Crippen molar-refractivity contribution < 1.29 is 9.18 Å². The van der Waals surface area contributed by atoms with Crippen LogP contribution >= 0.6 is 12.2 Å². The quantitative estimate of drug-likeness (QED) is 0.737. The zero-order valence-corrected chi connectivity index (χ0v) is 14.7. The molecule has 2 aromatic rings. The molecule has 1 heterocycles. The van der Waals surface area contributed by atoms with Crippen LogP contribution in [0.4, 0.5) is 10.1 Å². The lowest BCUT2D eigenvalue weighted by atomic mass is 9.95. The van der Waals surface area contributed by atoms with Crippen molar-refractivity contribution in [2.24, 2.45) is 0 Å². The predicted molar refractivity (Wildman–Crippen MR) is 101 cm³/mol. The Kier molecular flexibility index (Phi) is 4.81. The van der Waals surface area contributed by atoms with Crippen LogP contribution in [-0.2, 0) is 4.79 Å². The highest BCUT2D eigenvalue weighted by Crippen LogP contribution is 2.28. The Hall–Kier alpha value is -2.73. The first-order chi connectivity index (χ1) is 11.9. The summed E-state index contributed by atoms with van der Waals surface area (Å²) in [6, 6.07) is 13.2. The molecule has 0 aromatic heterocycles. The van der Waals surface area contributed by atoms with Gasteiger partial charge in [-0.05, 0) is 61.5 Å². The molecule has 0 aliphatic carbocycles. The van der Waals surface area contributed by atoms with Gasteiger partial charge in [-0.15, -0.1) is 0 Å². The Labute approximate surface area is 151 Å². The molecule has 0 unspecified atom stereocenters. The van der Waals surface area contributed by atoms with Gasteiger partial charge in [0.1, 0.15) is 5.82 Å². The Morgan fingerprint density at radius 2 is 1.92 bits per heavy atom. The van der Waals surface area contributed by atoms with E-state index < -0.39 is 6.04 Å². The molecule has 0 saturated carbocycles. The molecular formula is C19H18FN3OS. The standard InChI is InChI=1S/C19H18FN3OS/c1-11-5-3-8-15(9-11)22-18(24)16-12(2)21-19(25)23-17(16)13-6-4-7-14(20)10-13/h3-10,17H,1-2H3,(H,22,24)(H2,21,23,25)/t17-/m1/s1. The number of carbonyl (C=O) groups is 1. The number of hydrogen-bond donors (Lipinski definition) is 3. The van der Waals surface area contributed by atoms with Gasteiger partial charge in [-0.3, -0.25) is 4.79 Å². The van der Waals surface area contributed by atoms with E-state index >= 15 is 0 Å². The van der Waals surface area contributed by atoms with E-state index in [9.17, 15) is 9.18 Å². The first kappa shape index (κ1) is 17.1. The molecule has 25 heavy (non-hydrogen) atoms. The van der Waals surface area contributed by atoms with Crippen molar-refractivity contribution in [3.63, 3.8) is 0 Å². The molecule has 0 spiro atoms. The summed E-state index contributed by atoms with van der Waals surface area (Å²) < 4.78 is 13.6. The number of anilines is 1. The molecule has 0 bridgehead atoms. The molecule has 3 N–H and O–H groups in total. The summed E-state index contributed by atoms with van der Waals surface area (Å²) in [5.41, 5.74) is 3.50. The van der Waals surface area contributed by atoms with Gasteiger partial charge in [0.25, 0.3) is 5.91 Å². The van der Waals surface area contributed by atoms with Crippen LogP contribution in [0.2, 0.25) is 0 Å². The largest absolute Gasteiger partial charge is 0.351 e. The van der Waals surface area contributed by atoms with Crippen molar-refractivity contribution in [3.8, 4) is 0 Å². The van der Waals surface area contributed by atoms with E-state index in [0.29, 0.717) is 27.6 Å². The Morgan fingerprint density at radius 3 is 2.64 bits per heavy atom. The number of nitrogens with one attached hydrogen (secondary N) is 3. The monoisotopic (exact) mass is 355 g/mol. The van der Waals surface area contributed by atoms with Crippen LogP contribution < -0.4 is 16.0 Å². The molecule has 6 heteroatoms. The van der Waals surface area contributed by atoms with E-state index in [1.165, 1.54) is 12.1 Å². The lowest BCUT2D eigenvalue weighted by Crippen LogP contribution is -2.45. The summed E-state index contributed by atoms with van der Waals surface area (Å²) in [5.74, 6) is -0.625. The maximum Gasteiger partial charge on any atom is 0.255 e. The Bertz CT molecular complexity index is 878. The summed E-state index contributed by atoms with van der Waals surface area (Å²) in [5, 5.41) is 9.32. The molecule has 0 radical (unpaired) electrons. The molecule has 1 aliphatic rings. The van der Waals surface area contributed by atoms with Crippen LogP contribution in [0.1, 0.15) is 24.1 Å². The van der Waals surface area contributed by atoms with Crippen LogP contribution in [0.15, 0.2) is 59.8 Å². The highest BCUT2D eigenvalue weighted by molar-refractivity contribution is 7.80. The van der Waals surface area contributed by atoms with Crippen molar-refractivity contribution in [1.29, 1.82) is 0 Å². The minimum atomic E-state index is -0.519. The van der Waals surface area contributed by atoms with Crippen LogP contribution in [0.25, 0.3) is 0 Å². The molecule has 2 aromatic carbocycles. The first-order valence-corrected chi connectivity index (χ1v) is 8.26. The summed E-state index contributed by atoms with van der Waals surface area (Å²) in [6.07, 6.45) is 0. The number of rotatable bonds is 3. The number of allylic oxidation sites excluding steroid dienone is 1. The van der Waals surface area contributed by atoms with Crippen molar-refractivity contribution in [2.75, 3.05) is 5.32 Å². The maximum atomic E-state index is 13.6. The Morgan fingerprint density at radius 1 is 1.16 bits per heavy atom. The molecule has 0 saturated heterocycles. The summed E-state index contributed by atoms with van der Waals surface area (Å²) in [6.45, 7) is 3.74. The number of amides is 1. The molecule has 4 nitrogen and oxygen atoms in total. The van der Waals surface area contributed by atoms with E-state index in [1.807, 2.05) is 31.2 Å². The lowest BCUT2D eigenvalue weighted by molar-refractivity contribution is -0.113. The van der Waals surface area contributed by atoms with Gasteiger partial charge in [-0.25, -0.2) is 4.39 Å². The average Bonchev–Trinajstić information content (AvgIpc) is 2.54. The van der Waals surface area contributed by atoms with Crippen molar-refractivity contribution in [2.45, 2.75) is 19.9 Å². The summed E-state index contributed by atoms with van der Waals surface area (Å²) >= 11 is 5.20. The highest BCUT2D eigenvalue weighted by Gasteiger charge is 2.30. The van der Waals surface area contributed by atoms with Crippen LogP contribution in [0.3, 0.4) is 0 Å². The highest BCUT2D eigenvalue weighted by atomic mass is 32.1. The fraction of sp³-hybridized carbons (Fsp3) is 0.158. The van der Waals surface area contributed by atoms with Crippen LogP contribution in [-0.4, -0.2) is 11.0 Å². The zero-order valence-electron chi connectivity index (χ0n) is 13.9. The number of benzene rings is 2. The molecule has 3 rings (SSSR count). The second-order valence-electron chi connectivity index (χ2n) is 5.95. The van der Waals surface area contributed by atoms with Gasteiger partial charge in [-0.2, -0.15) is 0 Å². The molecule has 1 atom stereocenters. The average molecular weight is 355 g/mol. The van der Waals surface area contributed by atoms with Crippen LogP contribution in [0, 0.1) is 12.7 Å². The maximum absolute atomic E-state index is 13.6. The SMILES string of the molecule is CC1=C(C(=O)Nc2cccc(C)c2)[C@@H](c2cccc(F)c2)NC(=S)N1. The normalized spacial score (nSPS) is 16.9. The van der Waals surface area contributed by atoms with E-state index in [0.717, 1.165) is 5.56 Å². The topological polar surface area (TPSA) is 53.2 Å². The molecule has 1 amide bonds. The lowest BCUT2D eigenvalue weighted by Gasteiger charge is -2.30.